The Bertz CT molecular complexity index is 3580. The number of para-hydroxylation sites is 8. The highest BCUT2D eigenvalue weighted by atomic mass is 15.2. The summed E-state index contributed by atoms with van der Waals surface area (Å²) in [7, 11) is 0. The van der Waals surface area contributed by atoms with E-state index in [2.05, 4.69) is 170 Å². The first-order chi connectivity index (χ1) is 28.5. The van der Waals surface area contributed by atoms with Crippen molar-refractivity contribution < 1.29 is 4.11 Å². The van der Waals surface area contributed by atoms with Crippen molar-refractivity contribution in [3.8, 4) is 28.2 Å². The minimum atomic E-state index is -2.30. The van der Waals surface area contributed by atoms with Gasteiger partial charge in [0.05, 0.1) is 55.5 Å². The zero-order valence-corrected chi connectivity index (χ0v) is 29.6. The molecule has 0 amide bonds. The summed E-state index contributed by atoms with van der Waals surface area (Å²) < 4.78 is 33.9. The summed E-state index contributed by atoms with van der Waals surface area (Å²) in [4.78, 5) is 5.11. The van der Waals surface area contributed by atoms with E-state index in [1.165, 1.54) is 32.6 Å². The lowest BCUT2D eigenvalue weighted by molar-refractivity contribution is 1.11. The van der Waals surface area contributed by atoms with E-state index in [0.29, 0.717) is 11.3 Å². The van der Waals surface area contributed by atoms with Crippen molar-refractivity contribution in [1.82, 2.24) is 23.1 Å². The third kappa shape index (κ3) is 4.15. The highest BCUT2D eigenvalue weighted by molar-refractivity contribution is 6.12. The van der Waals surface area contributed by atoms with E-state index >= 15 is 0 Å². The lowest BCUT2D eigenvalue weighted by Gasteiger charge is -2.17. The molecular formula is C50H33N5. The molecule has 0 fully saturated rings. The molecule has 0 saturated heterocycles. The molecule has 0 saturated carbocycles. The lowest BCUT2D eigenvalue weighted by atomic mass is 10.0. The van der Waals surface area contributed by atoms with E-state index < -0.39 is 6.85 Å². The van der Waals surface area contributed by atoms with Crippen LogP contribution < -0.4 is 0 Å². The van der Waals surface area contributed by atoms with E-state index in [0.717, 1.165) is 55.8 Å². The molecule has 55 heavy (non-hydrogen) atoms. The first-order valence-corrected chi connectivity index (χ1v) is 18.6. The van der Waals surface area contributed by atoms with Crippen LogP contribution >= 0.6 is 0 Å². The van der Waals surface area contributed by atoms with Crippen LogP contribution in [0, 0.1) is 6.85 Å². The van der Waals surface area contributed by atoms with Gasteiger partial charge in [0.25, 0.3) is 0 Å². The standard InChI is InChI=1S/C50H33N5/c1-32-15-14-28-48-49(32)51-50-54(46-26-12-13-27-47(46)55(48)50)44-25-11-5-19-37(44)36-18-4-9-23-42(36)53-43-24-10-6-20-38(43)39-31-33(29-30-45(39)53)52-40-21-7-2-16-34(40)35-17-3-8-22-41(35)52/h2-31H,1H3/i1D3. The first kappa shape index (κ1) is 27.3. The minimum absolute atomic E-state index is 0.246. The predicted molar refractivity (Wildman–Crippen MR) is 228 cm³/mol. The second-order valence-corrected chi connectivity index (χ2v) is 14.2. The summed E-state index contributed by atoms with van der Waals surface area (Å²) in [5.41, 5.74) is 13.2. The zero-order valence-electron chi connectivity index (χ0n) is 32.6. The van der Waals surface area contributed by atoms with Crippen LogP contribution in [0.5, 0.6) is 0 Å². The third-order valence-corrected chi connectivity index (χ3v) is 11.3. The number of benzene rings is 8. The Hall–Kier alpha value is -7.37. The Kier molecular flexibility index (Phi) is 5.61. The number of aromatic nitrogens is 5. The van der Waals surface area contributed by atoms with Crippen LogP contribution in [0.4, 0.5) is 0 Å². The summed E-state index contributed by atoms with van der Waals surface area (Å²) in [5.74, 6) is 0.660. The monoisotopic (exact) mass is 706 g/mol. The Morgan fingerprint density at radius 2 is 0.909 bits per heavy atom. The number of hydrogen-bond acceptors (Lipinski definition) is 1. The predicted octanol–water partition coefficient (Wildman–Crippen LogP) is 12.6. The number of rotatable bonds is 4. The van der Waals surface area contributed by atoms with Crippen molar-refractivity contribution in [1.29, 1.82) is 0 Å². The summed E-state index contributed by atoms with van der Waals surface area (Å²) in [6, 6.07) is 63.5. The average molecular weight is 707 g/mol. The molecular weight excluding hydrogens is 671 g/mol. The van der Waals surface area contributed by atoms with Crippen molar-refractivity contribution in [3.63, 3.8) is 0 Å². The molecule has 4 heterocycles. The van der Waals surface area contributed by atoms with Crippen LogP contribution in [-0.2, 0) is 0 Å². The summed E-state index contributed by atoms with van der Waals surface area (Å²) in [6.45, 7) is -2.30. The fraction of sp³-hybridized carbons (Fsp3) is 0.0200. The number of hydrogen-bond donors (Lipinski definition) is 0. The van der Waals surface area contributed by atoms with Crippen molar-refractivity contribution in [3.05, 3.63) is 188 Å². The van der Waals surface area contributed by atoms with E-state index in [9.17, 15) is 0 Å². The maximum Gasteiger partial charge on any atom is 0.220 e. The molecule has 0 radical (unpaired) electrons. The highest BCUT2D eigenvalue weighted by Gasteiger charge is 2.22. The molecule has 5 heteroatoms. The number of aryl methyl sites for hydroxylation is 1. The average Bonchev–Trinajstić information content (AvgIpc) is 3.99. The quantitative estimate of drug-likeness (QED) is 0.179. The van der Waals surface area contributed by atoms with Crippen molar-refractivity contribution in [2.24, 2.45) is 0 Å². The SMILES string of the molecule is [2H]C([2H])([2H])c1cccc2c1nc1n(-c3ccccc3-c3ccccc3-n3c4ccccc4c4cc(-n5c6ccccc6c6ccccc65)ccc43)c3ccccc3n21. The van der Waals surface area contributed by atoms with E-state index in [1.54, 1.807) is 6.07 Å². The van der Waals surface area contributed by atoms with Crippen LogP contribution in [0.25, 0.3) is 99.6 Å². The molecule has 5 nitrogen and oxygen atoms in total. The number of nitrogens with zero attached hydrogens (tertiary/aromatic N) is 5. The van der Waals surface area contributed by atoms with Gasteiger partial charge in [-0.3, -0.25) is 8.97 Å². The lowest BCUT2D eigenvalue weighted by Crippen LogP contribution is -2.02. The Morgan fingerprint density at radius 3 is 1.58 bits per heavy atom. The largest absolute Gasteiger partial charge is 0.309 e. The van der Waals surface area contributed by atoms with Crippen molar-refractivity contribution in [2.75, 3.05) is 0 Å². The van der Waals surface area contributed by atoms with Crippen LogP contribution in [0.2, 0.25) is 0 Å². The number of fused-ring (bicyclic) bond motifs is 11. The molecule has 12 rings (SSSR count). The van der Waals surface area contributed by atoms with Crippen molar-refractivity contribution >= 4 is 71.5 Å². The second-order valence-electron chi connectivity index (χ2n) is 14.2. The Labute approximate surface area is 320 Å². The molecule has 0 N–H and O–H groups in total. The molecule has 8 aromatic carbocycles. The second kappa shape index (κ2) is 11.3. The number of imidazole rings is 2. The van der Waals surface area contributed by atoms with E-state index in [1.807, 2.05) is 24.3 Å². The Balaban J connectivity index is 1.11. The van der Waals surface area contributed by atoms with Gasteiger partial charge in [-0.15, -0.1) is 0 Å². The maximum absolute atomic E-state index is 8.30. The Morgan fingerprint density at radius 1 is 0.400 bits per heavy atom. The molecule has 0 aliphatic heterocycles. The van der Waals surface area contributed by atoms with Crippen LogP contribution in [-0.4, -0.2) is 23.1 Å². The van der Waals surface area contributed by atoms with Gasteiger partial charge in [-0.1, -0.05) is 115 Å². The molecule has 0 atom stereocenters. The molecule has 0 aliphatic carbocycles. The van der Waals surface area contributed by atoms with E-state index in [4.69, 9.17) is 9.10 Å². The zero-order chi connectivity index (χ0) is 38.7. The molecule has 0 aliphatic rings. The summed E-state index contributed by atoms with van der Waals surface area (Å²) >= 11 is 0. The van der Waals surface area contributed by atoms with Crippen LogP contribution in [0.3, 0.4) is 0 Å². The van der Waals surface area contributed by atoms with Gasteiger partial charge in [0.15, 0.2) is 0 Å². The first-order valence-electron chi connectivity index (χ1n) is 20.1. The van der Waals surface area contributed by atoms with Gasteiger partial charge in [0.2, 0.25) is 5.78 Å². The normalized spacial score (nSPS) is 13.1. The maximum atomic E-state index is 8.30. The van der Waals surface area contributed by atoms with Crippen LogP contribution in [0.1, 0.15) is 9.68 Å². The van der Waals surface area contributed by atoms with Gasteiger partial charge >= 0.3 is 0 Å². The highest BCUT2D eigenvalue weighted by Crippen LogP contribution is 2.41. The molecule has 12 aromatic rings. The molecule has 0 unspecified atom stereocenters. The van der Waals surface area contributed by atoms with E-state index in [-0.39, 0.29) is 5.56 Å². The van der Waals surface area contributed by atoms with Crippen LogP contribution in [0.15, 0.2) is 182 Å². The van der Waals surface area contributed by atoms with Gasteiger partial charge in [-0.05, 0) is 79.1 Å². The fourth-order valence-electron chi connectivity index (χ4n) is 9.02. The topological polar surface area (TPSA) is 32.1 Å². The van der Waals surface area contributed by atoms with Gasteiger partial charge in [-0.25, -0.2) is 4.98 Å². The van der Waals surface area contributed by atoms with Crippen molar-refractivity contribution in [2.45, 2.75) is 6.85 Å². The summed E-state index contributed by atoms with van der Waals surface area (Å²) in [6.07, 6.45) is 0. The van der Waals surface area contributed by atoms with Gasteiger partial charge in [0.1, 0.15) is 0 Å². The summed E-state index contributed by atoms with van der Waals surface area (Å²) in [5, 5.41) is 4.82. The van der Waals surface area contributed by atoms with Gasteiger partial charge < -0.3 is 9.13 Å². The fourth-order valence-corrected chi connectivity index (χ4v) is 9.02. The molecule has 258 valence electrons. The third-order valence-electron chi connectivity index (χ3n) is 11.3. The molecule has 0 bridgehead atoms. The van der Waals surface area contributed by atoms with Gasteiger partial charge in [0, 0.05) is 42.5 Å². The van der Waals surface area contributed by atoms with Gasteiger partial charge in [-0.2, -0.15) is 0 Å². The molecule has 4 aromatic heterocycles. The smallest absolute Gasteiger partial charge is 0.220 e. The minimum Gasteiger partial charge on any atom is -0.309 e. The molecule has 0 spiro atoms.